The van der Waals surface area contributed by atoms with Crippen molar-refractivity contribution in [1.29, 1.82) is 0 Å². The van der Waals surface area contributed by atoms with E-state index in [1.807, 2.05) is 31.2 Å². The van der Waals surface area contributed by atoms with Crippen LogP contribution in [0.15, 0.2) is 53.0 Å². The highest BCUT2D eigenvalue weighted by atomic mass is 79.9. The fourth-order valence-electron chi connectivity index (χ4n) is 3.14. The summed E-state index contributed by atoms with van der Waals surface area (Å²) in [6, 6.07) is 15.7. The van der Waals surface area contributed by atoms with Gasteiger partial charge in [0.05, 0.1) is 6.61 Å². The molecule has 1 N–H and O–H groups in total. The summed E-state index contributed by atoms with van der Waals surface area (Å²) in [5.41, 5.74) is 1.88. The fourth-order valence-corrected chi connectivity index (χ4v) is 3.53. The molecule has 1 heterocycles. The first-order valence-electron chi connectivity index (χ1n) is 8.67. The first-order chi connectivity index (χ1) is 12.2. The Balaban J connectivity index is 1.52. The van der Waals surface area contributed by atoms with Crippen LogP contribution in [0.25, 0.3) is 0 Å². The van der Waals surface area contributed by atoms with Gasteiger partial charge in [-0.2, -0.15) is 0 Å². The van der Waals surface area contributed by atoms with Crippen molar-refractivity contribution in [2.45, 2.75) is 13.3 Å². The third-order valence-corrected chi connectivity index (χ3v) is 4.91. The number of halogens is 1. The summed E-state index contributed by atoms with van der Waals surface area (Å²) in [6.45, 7) is 5.22. The zero-order valence-corrected chi connectivity index (χ0v) is 16.0. The smallest absolute Gasteiger partial charge is 0.251 e. The Morgan fingerprint density at radius 1 is 1.28 bits per heavy atom. The molecule has 0 bridgehead atoms. The Morgan fingerprint density at radius 2 is 2.12 bits per heavy atom. The van der Waals surface area contributed by atoms with Gasteiger partial charge in [-0.1, -0.05) is 28.1 Å². The number of rotatable bonds is 6. The van der Waals surface area contributed by atoms with Gasteiger partial charge in [-0.15, -0.1) is 0 Å². The summed E-state index contributed by atoms with van der Waals surface area (Å²) < 4.78 is 6.55. The average Bonchev–Trinajstić information content (AvgIpc) is 3.09. The molecule has 1 amide bonds. The van der Waals surface area contributed by atoms with Crippen LogP contribution in [0.3, 0.4) is 0 Å². The molecule has 25 heavy (non-hydrogen) atoms. The highest BCUT2D eigenvalue weighted by Gasteiger charge is 2.23. The van der Waals surface area contributed by atoms with Gasteiger partial charge in [0.15, 0.2) is 0 Å². The summed E-state index contributed by atoms with van der Waals surface area (Å²) in [7, 11) is 0. The molecule has 132 valence electrons. The van der Waals surface area contributed by atoms with Crippen molar-refractivity contribution in [3.05, 3.63) is 58.6 Å². The van der Waals surface area contributed by atoms with E-state index >= 15 is 0 Å². The number of hydrogen-bond acceptors (Lipinski definition) is 3. The van der Waals surface area contributed by atoms with E-state index in [0.29, 0.717) is 24.6 Å². The van der Waals surface area contributed by atoms with Gasteiger partial charge in [0.1, 0.15) is 5.75 Å². The number of carbonyl (C=O) groups excluding carboxylic acids is 1. The number of carbonyl (C=O) groups is 1. The molecule has 3 rings (SSSR count). The normalized spacial score (nSPS) is 16.7. The zero-order chi connectivity index (χ0) is 17.6. The third-order valence-electron chi connectivity index (χ3n) is 4.42. The Kier molecular flexibility index (Phi) is 5.97. The highest BCUT2D eigenvalue weighted by molar-refractivity contribution is 9.10. The van der Waals surface area contributed by atoms with Crippen LogP contribution in [-0.4, -0.2) is 32.1 Å². The average molecular weight is 403 g/mol. The molecule has 0 radical (unpaired) electrons. The van der Waals surface area contributed by atoms with Gasteiger partial charge < -0.3 is 15.0 Å². The lowest BCUT2D eigenvalue weighted by Crippen LogP contribution is -2.31. The van der Waals surface area contributed by atoms with E-state index in [1.54, 1.807) is 6.07 Å². The van der Waals surface area contributed by atoms with E-state index in [0.717, 1.165) is 29.7 Å². The van der Waals surface area contributed by atoms with E-state index in [9.17, 15) is 4.79 Å². The SMILES string of the molecule is CCOc1cccc(C(=O)NCC2CCN(c3cccc(Br)c3)C2)c1. The largest absolute Gasteiger partial charge is 0.494 e. The van der Waals surface area contributed by atoms with E-state index < -0.39 is 0 Å². The van der Waals surface area contributed by atoms with Crippen molar-refractivity contribution < 1.29 is 9.53 Å². The van der Waals surface area contributed by atoms with Crippen molar-refractivity contribution in [3.8, 4) is 5.75 Å². The molecule has 2 aromatic rings. The van der Waals surface area contributed by atoms with Crippen LogP contribution in [-0.2, 0) is 0 Å². The predicted octanol–water partition coefficient (Wildman–Crippen LogP) is 4.10. The minimum absolute atomic E-state index is 0.0394. The monoisotopic (exact) mass is 402 g/mol. The van der Waals surface area contributed by atoms with Crippen molar-refractivity contribution in [3.63, 3.8) is 0 Å². The Bertz CT molecular complexity index is 735. The number of amides is 1. The van der Waals surface area contributed by atoms with Gasteiger partial charge in [-0.25, -0.2) is 0 Å². The summed E-state index contributed by atoms with van der Waals surface area (Å²) in [4.78, 5) is 14.7. The Morgan fingerprint density at radius 3 is 2.92 bits per heavy atom. The summed E-state index contributed by atoms with van der Waals surface area (Å²) in [5, 5.41) is 3.06. The molecule has 1 unspecified atom stereocenters. The van der Waals surface area contributed by atoms with Gasteiger partial charge in [0.2, 0.25) is 0 Å². The van der Waals surface area contributed by atoms with Gasteiger partial charge in [-0.05, 0) is 55.7 Å². The molecule has 1 atom stereocenters. The number of ether oxygens (including phenoxy) is 1. The van der Waals surface area contributed by atoms with Crippen LogP contribution < -0.4 is 15.0 Å². The zero-order valence-electron chi connectivity index (χ0n) is 14.4. The second-order valence-electron chi connectivity index (χ2n) is 6.25. The summed E-state index contributed by atoms with van der Waals surface area (Å²) >= 11 is 3.52. The van der Waals surface area contributed by atoms with Gasteiger partial charge in [0.25, 0.3) is 5.91 Å². The summed E-state index contributed by atoms with van der Waals surface area (Å²) in [6.07, 6.45) is 1.09. The second-order valence-corrected chi connectivity index (χ2v) is 7.17. The maximum absolute atomic E-state index is 12.4. The molecule has 2 aromatic carbocycles. The number of nitrogens with zero attached hydrogens (tertiary/aromatic N) is 1. The molecule has 5 heteroatoms. The van der Waals surface area contributed by atoms with E-state index in [-0.39, 0.29) is 5.91 Å². The molecule has 1 aliphatic heterocycles. The Labute approximate surface area is 157 Å². The maximum Gasteiger partial charge on any atom is 0.251 e. The molecular weight excluding hydrogens is 380 g/mol. The molecule has 0 saturated carbocycles. The second kappa shape index (κ2) is 8.39. The maximum atomic E-state index is 12.4. The lowest BCUT2D eigenvalue weighted by atomic mass is 10.1. The molecule has 1 saturated heterocycles. The fraction of sp³-hybridized carbons (Fsp3) is 0.350. The number of anilines is 1. The first-order valence-corrected chi connectivity index (χ1v) is 9.46. The van der Waals surface area contributed by atoms with Crippen molar-refractivity contribution in [2.24, 2.45) is 5.92 Å². The lowest BCUT2D eigenvalue weighted by molar-refractivity contribution is 0.0948. The summed E-state index contributed by atoms with van der Waals surface area (Å²) in [5.74, 6) is 1.16. The van der Waals surface area contributed by atoms with Crippen LogP contribution in [0, 0.1) is 5.92 Å². The van der Waals surface area contributed by atoms with Crippen molar-refractivity contribution in [2.75, 3.05) is 31.1 Å². The van der Waals surface area contributed by atoms with Gasteiger partial charge in [-0.3, -0.25) is 4.79 Å². The van der Waals surface area contributed by atoms with Crippen LogP contribution >= 0.6 is 15.9 Å². The van der Waals surface area contributed by atoms with Crippen LogP contribution in [0.4, 0.5) is 5.69 Å². The molecule has 0 aliphatic carbocycles. The molecule has 1 aliphatic rings. The van der Waals surface area contributed by atoms with Crippen LogP contribution in [0.2, 0.25) is 0 Å². The van der Waals surface area contributed by atoms with Crippen molar-refractivity contribution in [1.82, 2.24) is 5.32 Å². The Hall–Kier alpha value is -2.01. The quantitative estimate of drug-likeness (QED) is 0.790. The van der Waals surface area contributed by atoms with E-state index in [2.05, 4.69) is 44.3 Å². The predicted molar refractivity (Wildman–Crippen MR) is 104 cm³/mol. The third kappa shape index (κ3) is 4.75. The van der Waals surface area contributed by atoms with Gasteiger partial charge >= 0.3 is 0 Å². The standard InChI is InChI=1S/C20H23BrN2O2/c1-2-25-19-8-3-5-16(11-19)20(24)22-13-15-9-10-23(14-15)18-7-4-6-17(21)12-18/h3-8,11-12,15H,2,9-10,13-14H2,1H3,(H,22,24). The van der Waals surface area contributed by atoms with Crippen molar-refractivity contribution >= 4 is 27.5 Å². The number of nitrogens with one attached hydrogen (secondary N) is 1. The molecule has 4 nitrogen and oxygen atoms in total. The van der Waals surface area contributed by atoms with E-state index in [4.69, 9.17) is 4.74 Å². The molecular formula is C20H23BrN2O2. The molecule has 1 fully saturated rings. The molecule has 0 aromatic heterocycles. The topological polar surface area (TPSA) is 41.6 Å². The molecule has 0 spiro atoms. The van der Waals surface area contributed by atoms with Crippen LogP contribution in [0.1, 0.15) is 23.7 Å². The number of hydrogen-bond donors (Lipinski definition) is 1. The van der Waals surface area contributed by atoms with Crippen LogP contribution in [0.5, 0.6) is 5.75 Å². The first kappa shape index (κ1) is 17.8. The lowest BCUT2D eigenvalue weighted by Gasteiger charge is -2.19. The minimum atomic E-state index is -0.0394. The number of benzene rings is 2. The highest BCUT2D eigenvalue weighted by Crippen LogP contribution is 2.26. The minimum Gasteiger partial charge on any atom is -0.494 e. The van der Waals surface area contributed by atoms with E-state index in [1.165, 1.54) is 5.69 Å². The van der Waals surface area contributed by atoms with Gasteiger partial charge in [0, 0.05) is 35.4 Å².